The minimum Gasteiger partial charge on any atom is -0.461 e. The molecule has 0 amide bonds. The Kier molecular flexibility index (Phi) is 4.46. The number of hydrogen-bond acceptors (Lipinski definition) is 3. The zero-order valence-electron chi connectivity index (χ0n) is 7.67. The third-order valence-corrected chi connectivity index (χ3v) is 2.72. The van der Waals surface area contributed by atoms with E-state index in [2.05, 4.69) is 4.74 Å². The van der Waals surface area contributed by atoms with Crippen molar-refractivity contribution in [2.24, 2.45) is 0 Å². The van der Waals surface area contributed by atoms with Crippen molar-refractivity contribution in [2.45, 2.75) is 31.3 Å². The summed E-state index contributed by atoms with van der Waals surface area (Å²) < 4.78 is 40.8. The molecule has 1 atom stereocenters. The maximum Gasteiger partial charge on any atom is 0.416 e. The molecule has 78 valence electrons. The van der Waals surface area contributed by atoms with Gasteiger partial charge in [-0.3, -0.25) is 4.21 Å². The van der Waals surface area contributed by atoms with E-state index in [0.717, 1.165) is 0 Å². The second-order valence-electron chi connectivity index (χ2n) is 2.58. The molecule has 0 bridgehead atoms. The molecule has 0 radical (unpaired) electrons. The van der Waals surface area contributed by atoms with Crippen molar-refractivity contribution in [3.63, 3.8) is 0 Å². The summed E-state index contributed by atoms with van der Waals surface area (Å²) >= 11 is 0. The van der Waals surface area contributed by atoms with E-state index in [1.807, 2.05) is 0 Å². The van der Waals surface area contributed by atoms with Gasteiger partial charge in [-0.2, -0.15) is 8.78 Å². The summed E-state index contributed by atoms with van der Waals surface area (Å²) in [6.07, 6.45) is 0. The second kappa shape index (κ2) is 4.64. The lowest BCUT2D eigenvalue weighted by molar-refractivity contribution is -0.159. The zero-order chi connectivity index (χ0) is 10.6. The molecular formula is C7H12F2O3S. The molecule has 0 rings (SSSR count). The highest BCUT2D eigenvalue weighted by molar-refractivity contribution is 7.87. The molecule has 0 N–H and O–H groups in total. The fourth-order valence-corrected chi connectivity index (χ4v) is 1.41. The number of ether oxygens (including phenoxy) is 1. The molecule has 0 aliphatic heterocycles. The van der Waals surface area contributed by atoms with E-state index in [9.17, 15) is 17.8 Å². The van der Waals surface area contributed by atoms with Gasteiger partial charge in [0.2, 0.25) is 0 Å². The number of esters is 1. The summed E-state index contributed by atoms with van der Waals surface area (Å²) in [5.74, 6) is -1.72. The molecule has 0 aliphatic rings. The van der Waals surface area contributed by atoms with Gasteiger partial charge in [0.1, 0.15) is 10.8 Å². The number of halogens is 2. The molecule has 0 saturated heterocycles. The number of alkyl halides is 2. The van der Waals surface area contributed by atoms with Crippen LogP contribution in [0.5, 0.6) is 0 Å². The Morgan fingerprint density at radius 1 is 1.54 bits per heavy atom. The van der Waals surface area contributed by atoms with E-state index in [0.29, 0.717) is 0 Å². The Morgan fingerprint density at radius 2 is 2.00 bits per heavy atom. The van der Waals surface area contributed by atoms with Gasteiger partial charge in [0.25, 0.3) is 0 Å². The van der Waals surface area contributed by atoms with Crippen molar-refractivity contribution in [2.75, 3.05) is 6.61 Å². The van der Waals surface area contributed by atoms with Gasteiger partial charge in [0.05, 0.1) is 6.61 Å². The van der Waals surface area contributed by atoms with Crippen LogP contribution in [-0.2, 0) is 20.3 Å². The van der Waals surface area contributed by atoms with Gasteiger partial charge in [-0.25, -0.2) is 4.79 Å². The van der Waals surface area contributed by atoms with E-state index in [1.54, 1.807) is 0 Å². The van der Waals surface area contributed by atoms with Gasteiger partial charge in [-0.1, -0.05) is 13.8 Å². The SMILES string of the molecule is CCOC(=O)C(F)(F)[S@](=O)C(C)C. The first-order valence-corrected chi connectivity index (χ1v) is 5.01. The van der Waals surface area contributed by atoms with Crippen LogP contribution in [0.1, 0.15) is 20.8 Å². The van der Waals surface area contributed by atoms with Gasteiger partial charge >= 0.3 is 11.2 Å². The van der Waals surface area contributed by atoms with Crippen molar-refractivity contribution in [3.8, 4) is 0 Å². The lowest BCUT2D eigenvalue weighted by Gasteiger charge is -2.15. The van der Waals surface area contributed by atoms with Crippen LogP contribution in [0.4, 0.5) is 8.78 Å². The van der Waals surface area contributed by atoms with Gasteiger partial charge in [-0.15, -0.1) is 0 Å². The predicted molar refractivity (Wildman–Crippen MR) is 44.9 cm³/mol. The van der Waals surface area contributed by atoms with Crippen LogP contribution in [0.3, 0.4) is 0 Å². The monoisotopic (exact) mass is 214 g/mol. The van der Waals surface area contributed by atoms with Gasteiger partial charge in [0, 0.05) is 5.25 Å². The first kappa shape index (κ1) is 12.5. The fourth-order valence-electron chi connectivity index (χ4n) is 0.593. The first-order valence-electron chi connectivity index (χ1n) is 3.79. The van der Waals surface area contributed by atoms with Crippen LogP contribution in [0.15, 0.2) is 0 Å². The van der Waals surface area contributed by atoms with Crippen LogP contribution in [-0.4, -0.2) is 27.3 Å². The highest BCUT2D eigenvalue weighted by Gasteiger charge is 2.48. The van der Waals surface area contributed by atoms with Gasteiger partial charge < -0.3 is 4.74 Å². The van der Waals surface area contributed by atoms with Crippen molar-refractivity contribution in [1.29, 1.82) is 0 Å². The molecule has 0 heterocycles. The highest BCUT2D eigenvalue weighted by atomic mass is 32.2. The van der Waals surface area contributed by atoms with E-state index in [-0.39, 0.29) is 6.61 Å². The Labute approximate surface area is 77.9 Å². The number of rotatable bonds is 4. The number of hydrogen-bond donors (Lipinski definition) is 0. The topological polar surface area (TPSA) is 43.4 Å². The van der Waals surface area contributed by atoms with Crippen LogP contribution < -0.4 is 0 Å². The summed E-state index contributed by atoms with van der Waals surface area (Å²) in [6.45, 7) is 3.96. The van der Waals surface area contributed by atoms with Crippen LogP contribution in [0.2, 0.25) is 0 Å². The fraction of sp³-hybridized carbons (Fsp3) is 0.857. The van der Waals surface area contributed by atoms with E-state index in [4.69, 9.17) is 0 Å². The Bertz CT molecular complexity index is 216. The number of carbonyl (C=O) groups is 1. The predicted octanol–water partition coefficient (Wildman–Crippen LogP) is 1.30. The van der Waals surface area contributed by atoms with Crippen molar-refractivity contribution in [3.05, 3.63) is 0 Å². The summed E-state index contributed by atoms with van der Waals surface area (Å²) in [6, 6.07) is 0. The van der Waals surface area contributed by atoms with E-state index >= 15 is 0 Å². The first-order chi connectivity index (χ1) is 5.84. The number of carbonyl (C=O) groups excluding carboxylic acids is 1. The summed E-state index contributed by atoms with van der Waals surface area (Å²) in [7, 11) is -2.52. The minimum atomic E-state index is -3.90. The summed E-state index contributed by atoms with van der Waals surface area (Å²) in [4.78, 5) is 10.6. The third kappa shape index (κ3) is 3.02. The second-order valence-corrected chi connectivity index (χ2v) is 4.63. The normalized spacial score (nSPS) is 14.3. The molecular weight excluding hydrogens is 202 g/mol. The molecule has 0 saturated carbocycles. The molecule has 0 aromatic heterocycles. The highest BCUT2D eigenvalue weighted by Crippen LogP contribution is 2.23. The van der Waals surface area contributed by atoms with Crippen molar-refractivity contribution >= 4 is 16.8 Å². The zero-order valence-corrected chi connectivity index (χ0v) is 8.49. The molecule has 0 fully saturated rings. The average Bonchev–Trinajstić information content (AvgIpc) is 2.03. The minimum absolute atomic E-state index is 0.149. The largest absolute Gasteiger partial charge is 0.461 e. The maximum absolute atomic E-state index is 12.9. The molecule has 13 heavy (non-hydrogen) atoms. The molecule has 6 heteroatoms. The Hall–Kier alpha value is -0.520. The molecule has 0 aliphatic carbocycles. The average molecular weight is 214 g/mol. The summed E-state index contributed by atoms with van der Waals surface area (Å²) in [5, 5.41) is -4.68. The molecule has 0 aromatic rings. The molecule has 0 spiro atoms. The lowest BCUT2D eigenvalue weighted by Crippen LogP contribution is -2.38. The Morgan fingerprint density at radius 3 is 2.31 bits per heavy atom. The Balaban J connectivity index is 4.55. The van der Waals surface area contributed by atoms with Crippen LogP contribution >= 0.6 is 0 Å². The lowest BCUT2D eigenvalue weighted by atomic mass is 10.6. The van der Waals surface area contributed by atoms with Crippen molar-refractivity contribution < 1.29 is 22.5 Å². The van der Waals surface area contributed by atoms with E-state index in [1.165, 1.54) is 20.8 Å². The standard InChI is InChI=1S/C7H12F2O3S/c1-4-12-6(10)7(8,9)13(11)5(2)3/h5H,4H2,1-3H3/t13-/m1/s1. The third-order valence-electron chi connectivity index (χ3n) is 1.19. The van der Waals surface area contributed by atoms with Gasteiger partial charge in [-0.05, 0) is 6.92 Å². The molecule has 0 aromatic carbocycles. The molecule has 0 unspecified atom stereocenters. The summed E-state index contributed by atoms with van der Waals surface area (Å²) in [5.41, 5.74) is 0. The van der Waals surface area contributed by atoms with Gasteiger partial charge in [0.15, 0.2) is 0 Å². The van der Waals surface area contributed by atoms with E-state index < -0.39 is 27.3 Å². The maximum atomic E-state index is 12.9. The van der Waals surface area contributed by atoms with Crippen LogP contribution in [0, 0.1) is 0 Å². The smallest absolute Gasteiger partial charge is 0.416 e. The van der Waals surface area contributed by atoms with Crippen molar-refractivity contribution in [1.82, 2.24) is 0 Å². The molecule has 3 nitrogen and oxygen atoms in total. The van der Waals surface area contributed by atoms with Crippen LogP contribution in [0.25, 0.3) is 0 Å². The quantitative estimate of drug-likeness (QED) is 0.662.